The Balaban J connectivity index is 1.75. The molecule has 178 valence electrons. The molecule has 0 saturated carbocycles. The van der Waals surface area contributed by atoms with Crippen molar-refractivity contribution in [3.63, 3.8) is 0 Å². The second kappa shape index (κ2) is 10.3. The van der Waals surface area contributed by atoms with Crippen LogP contribution >= 0.6 is 0 Å². The predicted octanol–water partition coefficient (Wildman–Crippen LogP) is 2.74. The summed E-state index contributed by atoms with van der Waals surface area (Å²) in [5.41, 5.74) is 3.41. The number of aromatic nitrogens is 4. The lowest BCUT2D eigenvalue weighted by Gasteiger charge is -2.14. The van der Waals surface area contributed by atoms with Crippen molar-refractivity contribution < 1.29 is 4.79 Å². The van der Waals surface area contributed by atoms with Crippen molar-refractivity contribution in [2.24, 2.45) is 0 Å². The topological polar surface area (TPSA) is 98.9 Å². The number of nitrogens with zero attached hydrogens (tertiary/aromatic N) is 4. The molecule has 0 aliphatic carbocycles. The van der Waals surface area contributed by atoms with Gasteiger partial charge in [-0.1, -0.05) is 36.4 Å². The van der Waals surface area contributed by atoms with E-state index in [1.54, 1.807) is 12.3 Å². The third kappa shape index (κ3) is 5.27. The first kappa shape index (κ1) is 23.8. The fourth-order valence-corrected chi connectivity index (χ4v) is 3.71. The lowest BCUT2D eigenvalue weighted by molar-refractivity contribution is 0.0944. The van der Waals surface area contributed by atoms with Gasteiger partial charge < -0.3 is 5.32 Å². The fourth-order valence-electron chi connectivity index (χ4n) is 3.71. The summed E-state index contributed by atoms with van der Waals surface area (Å²) in [7, 11) is 0. The molecule has 0 fully saturated rings. The number of carbonyl (C=O) groups is 1. The summed E-state index contributed by atoms with van der Waals surface area (Å²) in [6, 6.07) is 18.5. The number of pyridine rings is 1. The highest BCUT2D eigenvalue weighted by molar-refractivity contribution is 5.91. The second-order valence-corrected chi connectivity index (χ2v) is 8.46. The first-order chi connectivity index (χ1) is 16.8. The van der Waals surface area contributed by atoms with Crippen LogP contribution in [0.4, 0.5) is 0 Å². The van der Waals surface area contributed by atoms with E-state index in [-0.39, 0.29) is 18.8 Å². The summed E-state index contributed by atoms with van der Waals surface area (Å²) < 4.78 is 2.19. The van der Waals surface area contributed by atoms with Gasteiger partial charge in [-0.05, 0) is 67.3 Å². The molecule has 0 unspecified atom stereocenters. The molecule has 0 aliphatic rings. The van der Waals surface area contributed by atoms with Gasteiger partial charge in [0, 0.05) is 24.9 Å². The van der Waals surface area contributed by atoms with E-state index in [1.165, 1.54) is 0 Å². The zero-order chi connectivity index (χ0) is 24.9. The Morgan fingerprint density at radius 1 is 0.914 bits per heavy atom. The van der Waals surface area contributed by atoms with Gasteiger partial charge in [-0.25, -0.2) is 4.79 Å². The highest BCUT2D eigenvalue weighted by Crippen LogP contribution is 2.12. The first-order valence-electron chi connectivity index (χ1n) is 11.4. The van der Waals surface area contributed by atoms with Gasteiger partial charge >= 0.3 is 5.69 Å². The normalized spacial score (nSPS) is 10.8. The minimum atomic E-state index is -0.728. The van der Waals surface area contributed by atoms with Crippen LogP contribution in [0.1, 0.15) is 38.4 Å². The number of amides is 1. The maximum atomic E-state index is 13.4. The van der Waals surface area contributed by atoms with E-state index in [9.17, 15) is 14.4 Å². The maximum Gasteiger partial charge on any atom is 0.352 e. The highest BCUT2D eigenvalue weighted by atomic mass is 16.2. The summed E-state index contributed by atoms with van der Waals surface area (Å²) in [4.78, 5) is 44.0. The Kier molecular flexibility index (Phi) is 7.01. The predicted molar refractivity (Wildman–Crippen MR) is 134 cm³/mol. The van der Waals surface area contributed by atoms with Crippen LogP contribution in [-0.4, -0.2) is 31.8 Å². The third-order valence-electron chi connectivity index (χ3n) is 5.99. The SMILES string of the molecule is Cc1ccc(-n2nc(C(=O)NCCc3ccccn3)c(=O)n(Cc3ccccc3C)c2=O)cc1C. The number of hydrogen-bond acceptors (Lipinski definition) is 5. The molecule has 0 radical (unpaired) electrons. The summed E-state index contributed by atoms with van der Waals surface area (Å²) in [6.07, 6.45) is 2.18. The largest absolute Gasteiger partial charge is 0.352 e. The molecule has 1 N–H and O–H groups in total. The summed E-state index contributed by atoms with van der Waals surface area (Å²) in [6.45, 7) is 6.12. The van der Waals surface area contributed by atoms with E-state index in [2.05, 4.69) is 15.4 Å². The molecule has 4 rings (SSSR count). The van der Waals surface area contributed by atoms with Crippen LogP contribution < -0.4 is 16.6 Å². The number of nitrogens with one attached hydrogen (secondary N) is 1. The van der Waals surface area contributed by atoms with Gasteiger partial charge in [-0.2, -0.15) is 9.78 Å². The standard InChI is InChI=1S/C27H27N5O3/c1-18-11-12-23(16-20(18)3)32-27(35)31(17-21-9-5-4-8-19(21)2)26(34)24(30-32)25(33)29-15-13-22-10-6-7-14-28-22/h4-12,14,16H,13,15,17H2,1-3H3,(H,29,33). The molecule has 0 atom stereocenters. The Morgan fingerprint density at radius 2 is 1.69 bits per heavy atom. The van der Waals surface area contributed by atoms with Crippen LogP contribution in [0, 0.1) is 20.8 Å². The molecule has 0 bridgehead atoms. The zero-order valence-corrected chi connectivity index (χ0v) is 20.0. The summed E-state index contributed by atoms with van der Waals surface area (Å²) in [5, 5.41) is 6.95. The quantitative estimate of drug-likeness (QED) is 0.449. The molecule has 1 amide bonds. The monoisotopic (exact) mass is 469 g/mol. The molecule has 2 aromatic carbocycles. The lowest BCUT2D eigenvalue weighted by Crippen LogP contribution is -2.46. The Morgan fingerprint density at radius 3 is 2.40 bits per heavy atom. The molecule has 0 aliphatic heterocycles. The zero-order valence-electron chi connectivity index (χ0n) is 20.0. The van der Waals surface area contributed by atoms with E-state index < -0.39 is 17.2 Å². The maximum absolute atomic E-state index is 13.4. The molecule has 0 saturated heterocycles. The molecule has 2 heterocycles. The van der Waals surface area contributed by atoms with Gasteiger partial charge in [0.05, 0.1) is 12.2 Å². The van der Waals surface area contributed by atoms with Crippen LogP contribution in [0.3, 0.4) is 0 Å². The van der Waals surface area contributed by atoms with E-state index in [4.69, 9.17) is 0 Å². The van der Waals surface area contributed by atoms with Crippen molar-refractivity contribution in [2.75, 3.05) is 6.54 Å². The van der Waals surface area contributed by atoms with E-state index in [0.29, 0.717) is 12.1 Å². The van der Waals surface area contributed by atoms with Crippen LogP contribution in [-0.2, 0) is 13.0 Å². The highest BCUT2D eigenvalue weighted by Gasteiger charge is 2.21. The Labute approximate surface area is 202 Å². The van der Waals surface area contributed by atoms with E-state index in [1.807, 2.05) is 75.4 Å². The smallest absolute Gasteiger partial charge is 0.350 e. The van der Waals surface area contributed by atoms with Crippen molar-refractivity contribution in [1.29, 1.82) is 0 Å². The molecular weight excluding hydrogens is 442 g/mol. The summed E-state index contributed by atoms with van der Waals surface area (Å²) >= 11 is 0. The van der Waals surface area contributed by atoms with Crippen LogP contribution in [0.2, 0.25) is 0 Å². The van der Waals surface area contributed by atoms with Crippen molar-refractivity contribution in [3.05, 3.63) is 121 Å². The molecule has 4 aromatic rings. The minimum Gasteiger partial charge on any atom is -0.350 e. The fraction of sp³-hybridized carbons (Fsp3) is 0.222. The number of carbonyl (C=O) groups excluding carboxylic acids is 1. The molecular formula is C27H27N5O3. The Bertz CT molecular complexity index is 1490. The third-order valence-corrected chi connectivity index (χ3v) is 5.99. The van der Waals surface area contributed by atoms with Gasteiger partial charge in [-0.15, -0.1) is 0 Å². The van der Waals surface area contributed by atoms with E-state index >= 15 is 0 Å². The number of benzene rings is 2. The number of aryl methyl sites for hydroxylation is 3. The average molecular weight is 470 g/mol. The molecule has 8 nitrogen and oxygen atoms in total. The molecule has 8 heteroatoms. The van der Waals surface area contributed by atoms with Gasteiger partial charge in [-0.3, -0.25) is 19.1 Å². The second-order valence-electron chi connectivity index (χ2n) is 8.46. The lowest BCUT2D eigenvalue weighted by atomic mass is 10.1. The molecule has 2 aromatic heterocycles. The van der Waals surface area contributed by atoms with Gasteiger partial charge in [0.15, 0.2) is 0 Å². The minimum absolute atomic E-state index is 0.0336. The molecule has 0 spiro atoms. The Hall–Kier alpha value is -4.33. The van der Waals surface area contributed by atoms with Crippen LogP contribution in [0.15, 0.2) is 76.4 Å². The van der Waals surface area contributed by atoms with Crippen LogP contribution in [0.25, 0.3) is 5.69 Å². The van der Waals surface area contributed by atoms with Crippen molar-refractivity contribution in [2.45, 2.75) is 33.7 Å². The van der Waals surface area contributed by atoms with Gasteiger partial charge in [0.25, 0.3) is 11.5 Å². The van der Waals surface area contributed by atoms with E-state index in [0.717, 1.165) is 37.2 Å². The van der Waals surface area contributed by atoms with Crippen molar-refractivity contribution in [3.8, 4) is 5.69 Å². The summed E-state index contributed by atoms with van der Waals surface area (Å²) in [5.74, 6) is -0.637. The van der Waals surface area contributed by atoms with Crippen molar-refractivity contribution >= 4 is 5.91 Å². The van der Waals surface area contributed by atoms with Crippen LogP contribution in [0.5, 0.6) is 0 Å². The first-order valence-corrected chi connectivity index (χ1v) is 11.4. The molecule has 35 heavy (non-hydrogen) atoms. The van der Waals surface area contributed by atoms with Crippen molar-refractivity contribution in [1.82, 2.24) is 24.6 Å². The van der Waals surface area contributed by atoms with Gasteiger partial charge in [0.2, 0.25) is 5.69 Å². The number of hydrogen-bond donors (Lipinski definition) is 1. The van der Waals surface area contributed by atoms with Gasteiger partial charge in [0.1, 0.15) is 0 Å². The average Bonchev–Trinajstić information content (AvgIpc) is 2.85. The number of rotatable bonds is 7.